The summed E-state index contributed by atoms with van der Waals surface area (Å²) in [5, 5.41) is 3.79. The van der Waals surface area contributed by atoms with Crippen molar-refractivity contribution in [1.29, 1.82) is 0 Å². The molecule has 0 bridgehead atoms. The number of hydrogen-bond acceptors (Lipinski definition) is 2. The lowest BCUT2D eigenvalue weighted by Crippen LogP contribution is -2.48. The van der Waals surface area contributed by atoms with Gasteiger partial charge in [0.15, 0.2) is 0 Å². The maximum absolute atomic E-state index is 11.1. The molecule has 0 spiro atoms. The summed E-state index contributed by atoms with van der Waals surface area (Å²) >= 11 is 0. The van der Waals surface area contributed by atoms with Crippen molar-refractivity contribution in [2.45, 2.75) is 64.8 Å². The Hall–Kier alpha value is -0.770. The molecule has 1 aliphatic carbocycles. The number of piperidine rings is 1. The topological polar surface area (TPSA) is 58.4 Å². The van der Waals surface area contributed by atoms with E-state index in [1.54, 1.807) is 4.90 Å². The van der Waals surface area contributed by atoms with E-state index in [2.05, 4.69) is 19.2 Å². The van der Waals surface area contributed by atoms with Crippen LogP contribution in [0.15, 0.2) is 0 Å². The van der Waals surface area contributed by atoms with Gasteiger partial charge in [-0.25, -0.2) is 4.79 Å². The molecule has 20 heavy (non-hydrogen) atoms. The maximum atomic E-state index is 11.1. The molecule has 0 aromatic carbocycles. The van der Waals surface area contributed by atoms with Crippen LogP contribution in [0.2, 0.25) is 0 Å². The molecule has 2 rings (SSSR count). The van der Waals surface area contributed by atoms with Gasteiger partial charge >= 0.3 is 6.03 Å². The van der Waals surface area contributed by atoms with Crippen LogP contribution in [0.3, 0.4) is 0 Å². The second kappa shape index (κ2) is 6.79. The molecule has 0 aromatic heterocycles. The van der Waals surface area contributed by atoms with Gasteiger partial charge in [0.25, 0.3) is 0 Å². The summed E-state index contributed by atoms with van der Waals surface area (Å²) in [5.41, 5.74) is 5.87. The minimum absolute atomic E-state index is 0.268. The quantitative estimate of drug-likeness (QED) is 0.814. The predicted octanol–water partition coefficient (Wildman–Crippen LogP) is 2.73. The first-order chi connectivity index (χ1) is 9.51. The summed E-state index contributed by atoms with van der Waals surface area (Å²) in [6.07, 6.45) is 9.00. The number of rotatable bonds is 5. The molecule has 0 radical (unpaired) electrons. The Morgan fingerprint density at radius 3 is 2.40 bits per heavy atom. The van der Waals surface area contributed by atoms with Crippen molar-refractivity contribution in [1.82, 2.24) is 10.2 Å². The van der Waals surface area contributed by atoms with Gasteiger partial charge < -0.3 is 16.0 Å². The number of carbonyl (C=O) groups is 1. The SMILES string of the molecule is CC(C)CC1(CNC2CCN(C(N)=O)CC2)CCCC1. The maximum Gasteiger partial charge on any atom is 0.314 e. The molecule has 2 amide bonds. The molecule has 2 aliphatic rings. The number of nitrogens with two attached hydrogens (primary N) is 1. The molecule has 116 valence electrons. The Morgan fingerprint density at radius 2 is 1.90 bits per heavy atom. The first kappa shape index (κ1) is 15.6. The van der Waals surface area contributed by atoms with E-state index in [-0.39, 0.29) is 6.03 Å². The highest BCUT2D eigenvalue weighted by atomic mass is 16.2. The second-order valence-electron chi connectivity index (χ2n) is 7.29. The van der Waals surface area contributed by atoms with Gasteiger partial charge in [0.2, 0.25) is 0 Å². The normalized spacial score (nSPS) is 23.4. The van der Waals surface area contributed by atoms with Gasteiger partial charge in [0.05, 0.1) is 0 Å². The Morgan fingerprint density at radius 1 is 1.30 bits per heavy atom. The molecule has 0 atom stereocenters. The number of urea groups is 1. The molecule has 3 N–H and O–H groups in total. The van der Waals surface area contributed by atoms with Crippen molar-refractivity contribution in [3.05, 3.63) is 0 Å². The molecule has 1 saturated heterocycles. The zero-order chi connectivity index (χ0) is 14.6. The Labute approximate surface area is 123 Å². The minimum atomic E-state index is -0.268. The molecular formula is C16H31N3O. The van der Waals surface area contributed by atoms with E-state index in [1.807, 2.05) is 0 Å². The van der Waals surface area contributed by atoms with Crippen LogP contribution in [0.1, 0.15) is 58.8 Å². The summed E-state index contributed by atoms with van der Waals surface area (Å²) in [7, 11) is 0. The van der Waals surface area contributed by atoms with Crippen LogP contribution in [0.5, 0.6) is 0 Å². The van der Waals surface area contributed by atoms with Gasteiger partial charge in [-0.1, -0.05) is 26.7 Å². The van der Waals surface area contributed by atoms with E-state index in [4.69, 9.17) is 5.73 Å². The molecule has 1 aliphatic heterocycles. The van der Waals surface area contributed by atoms with Crippen molar-refractivity contribution < 1.29 is 4.79 Å². The van der Waals surface area contributed by atoms with E-state index in [0.29, 0.717) is 11.5 Å². The highest BCUT2D eigenvalue weighted by Gasteiger charge is 2.35. The number of carbonyl (C=O) groups excluding carboxylic acids is 1. The third-order valence-corrected chi connectivity index (χ3v) is 5.08. The monoisotopic (exact) mass is 281 g/mol. The van der Waals surface area contributed by atoms with Crippen LogP contribution in [0, 0.1) is 11.3 Å². The summed E-state index contributed by atoms with van der Waals surface area (Å²) in [6, 6.07) is 0.297. The Kier molecular flexibility index (Phi) is 5.30. The first-order valence-electron chi connectivity index (χ1n) is 8.28. The fourth-order valence-corrected chi connectivity index (χ4v) is 4.11. The number of primary amides is 1. The highest BCUT2D eigenvalue weighted by molar-refractivity contribution is 5.72. The number of hydrogen-bond donors (Lipinski definition) is 2. The van der Waals surface area contributed by atoms with Crippen LogP contribution in [0.4, 0.5) is 4.79 Å². The average Bonchev–Trinajstić information content (AvgIpc) is 2.85. The predicted molar refractivity (Wildman–Crippen MR) is 82.5 cm³/mol. The summed E-state index contributed by atoms with van der Waals surface area (Å²) < 4.78 is 0. The van der Waals surface area contributed by atoms with Gasteiger partial charge in [-0.05, 0) is 43.4 Å². The van der Waals surface area contributed by atoms with Crippen molar-refractivity contribution in [2.75, 3.05) is 19.6 Å². The molecule has 2 fully saturated rings. The number of likely N-dealkylation sites (tertiary alicyclic amines) is 1. The molecule has 4 heteroatoms. The van der Waals surface area contributed by atoms with Gasteiger partial charge in [-0.2, -0.15) is 0 Å². The van der Waals surface area contributed by atoms with Crippen molar-refractivity contribution >= 4 is 6.03 Å². The van der Waals surface area contributed by atoms with Gasteiger partial charge in [0, 0.05) is 25.7 Å². The summed E-state index contributed by atoms with van der Waals surface area (Å²) in [4.78, 5) is 12.9. The lowest BCUT2D eigenvalue weighted by atomic mass is 9.78. The van der Waals surface area contributed by atoms with E-state index in [0.717, 1.165) is 38.4 Å². The molecule has 1 saturated carbocycles. The van der Waals surface area contributed by atoms with Gasteiger partial charge in [-0.15, -0.1) is 0 Å². The molecule has 1 heterocycles. The van der Waals surface area contributed by atoms with E-state index < -0.39 is 0 Å². The zero-order valence-corrected chi connectivity index (χ0v) is 13.2. The van der Waals surface area contributed by atoms with Gasteiger partial charge in [0.1, 0.15) is 0 Å². The average molecular weight is 281 g/mol. The fraction of sp³-hybridized carbons (Fsp3) is 0.938. The zero-order valence-electron chi connectivity index (χ0n) is 13.2. The summed E-state index contributed by atoms with van der Waals surface area (Å²) in [6.45, 7) is 7.46. The third-order valence-electron chi connectivity index (χ3n) is 5.08. The van der Waals surface area contributed by atoms with Crippen LogP contribution in [0.25, 0.3) is 0 Å². The molecule has 0 unspecified atom stereocenters. The second-order valence-corrected chi connectivity index (χ2v) is 7.29. The fourth-order valence-electron chi connectivity index (χ4n) is 4.11. The van der Waals surface area contributed by atoms with Crippen molar-refractivity contribution in [3.8, 4) is 0 Å². The van der Waals surface area contributed by atoms with Crippen LogP contribution < -0.4 is 11.1 Å². The van der Waals surface area contributed by atoms with Crippen molar-refractivity contribution in [3.63, 3.8) is 0 Å². The Bertz CT molecular complexity index is 316. The van der Waals surface area contributed by atoms with Crippen LogP contribution in [-0.4, -0.2) is 36.6 Å². The minimum Gasteiger partial charge on any atom is -0.351 e. The molecular weight excluding hydrogens is 250 g/mol. The third kappa shape index (κ3) is 4.11. The van der Waals surface area contributed by atoms with Crippen molar-refractivity contribution in [2.24, 2.45) is 17.1 Å². The lowest BCUT2D eigenvalue weighted by molar-refractivity contribution is 0.170. The number of nitrogens with one attached hydrogen (secondary N) is 1. The van der Waals surface area contributed by atoms with Crippen LogP contribution in [-0.2, 0) is 0 Å². The molecule has 4 nitrogen and oxygen atoms in total. The van der Waals surface area contributed by atoms with Crippen LogP contribution >= 0.6 is 0 Å². The Balaban J connectivity index is 1.78. The summed E-state index contributed by atoms with van der Waals surface area (Å²) in [5.74, 6) is 0.784. The first-order valence-corrected chi connectivity index (χ1v) is 8.28. The van der Waals surface area contributed by atoms with Gasteiger partial charge in [-0.3, -0.25) is 0 Å². The van der Waals surface area contributed by atoms with E-state index in [9.17, 15) is 4.79 Å². The smallest absolute Gasteiger partial charge is 0.314 e. The lowest BCUT2D eigenvalue weighted by Gasteiger charge is -2.36. The number of amides is 2. The highest BCUT2D eigenvalue weighted by Crippen LogP contribution is 2.42. The standard InChI is InChI=1S/C16H31N3O/c1-13(2)11-16(7-3-4-8-16)12-18-14-5-9-19(10-6-14)15(17)20/h13-14,18H,3-12H2,1-2H3,(H2,17,20). The largest absolute Gasteiger partial charge is 0.351 e. The molecule has 0 aromatic rings. The number of nitrogens with zero attached hydrogens (tertiary/aromatic N) is 1. The van der Waals surface area contributed by atoms with E-state index in [1.165, 1.54) is 32.1 Å². The van der Waals surface area contributed by atoms with E-state index >= 15 is 0 Å².